The Labute approximate surface area is 110 Å². The molecular formula is C15H23BNO-. The smallest absolute Gasteiger partial charge is 0.104 e. The fourth-order valence-electron chi connectivity index (χ4n) is 3.27. The van der Waals surface area contributed by atoms with Crippen molar-refractivity contribution in [3.05, 3.63) is 30.3 Å². The van der Waals surface area contributed by atoms with Gasteiger partial charge >= 0.3 is 0 Å². The van der Waals surface area contributed by atoms with Crippen LogP contribution in [0.15, 0.2) is 30.3 Å². The van der Waals surface area contributed by atoms with Gasteiger partial charge in [0.15, 0.2) is 0 Å². The number of fused-ring (bicyclic) bond motifs is 1. The second-order valence-electron chi connectivity index (χ2n) is 5.31. The minimum atomic E-state index is -0.512. The van der Waals surface area contributed by atoms with E-state index in [0.29, 0.717) is 0 Å². The highest BCUT2D eigenvalue weighted by molar-refractivity contribution is 6.91. The van der Waals surface area contributed by atoms with Gasteiger partial charge in [0.05, 0.1) is 11.7 Å². The van der Waals surface area contributed by atoms with E-state index in [-0.39, 0.29) is 0 Å². The predicted octanol–water partition coefficient (Wildman–Crippen LogP) is 3.42. The Balaban J connectivity index is 2.69. The van der Waals surface area contributed by atoms with Crippen LogP contribution in [0.25, 0.3) is 10.9 Å². The topological polar surface area (TPSA) is 14.2 Å². The van der Waals surface area contributed by atoms with Gasteiger partial charge in [0, 0.05) is 0 Å². The van der Waals surface area contributed by atoms with Crippen molar-refractivity contribution in [2.75, 3.05) is 7.11 Å². The summed E-state index contributed by atoms with van der Waals surface area (Å²) in [5.41, 5.74) is 2.54. The Hall–Kier alpha value is -1.38. The van der Waals surface area contributed by atoms with Gasteiger partial charge in [-0.05, 0) is 11.5 Å². The summed E-state index contributed by atoms with van der Waals surface area (Å²) in [6, 6.07) is 10.8. The molecule has 0 radical (unpaired) electrons. The van der Waals surface area contributed by atoms with Crippen molar-refractivity contribution >= 4 is 22.6 Å². The van der Waals surface area contributed by atoms with Crippen molar-refractivity contribution in [1.29, 1.82) is 0 Å². The molecule has 1 heterocycles. The van der Waals surface area contributed by atoms with Gasteiger partial charge in [-0.1, -0.05) is 45.0 Å². The molecule has 0 bridgehead atoms. The van der Waals surface area contributed by atoms with Gasteiger partial charge in [-0.15, -0.1) is 5.59 Å². The standard InChI is InChI=1S/C15H23BNO/c1-5-16(6-2,7-3)15-12-13-10-8-9-11-14(13)17(15)18-4/h8-12H,5-7H2,1-4H3/q-1. The number of benzene rings is 1. The van der Waals surface area contributed by atoms with Crippen molar-refractivity contribution in [3.8, 4) is 0 Å². The van der Waals surface area contributed by atoms with Crippen LogP contribution in [-0.4, -0.2) is 18.0 Å². The normalized spacial score (nSPS) is 12.0. The Morgan fingerprint density at radius 3 is 2.22 bits per heavy atom. The molecule has 0 atom stereocenters. The van der Waals surface area contributed by atoms with Crippen molar-refractivity contribution in [1.82, 2.24) is 4.73 Å². The molecule has 2 aromatic rings. The van der Waals surface area contributed by atoms with E-state index < -0.39 is 6.15 Å². The van der Waals surface area contributed by atoms with Crippen molar-refractivity contribution < 1.29 is 4.84 Å². The maximum atomic E-state index is 5.64. The zero-order valence-corrected chi connectivity index (χ0v) is 11.9. The van der Waals surface area contributed by atoms with Crippen molar-refractivity contribution in [2.24, 2.45) is 0 Å². The third-order valence-corrected chi connectivity index (χ3v) is 4.85. The molecule has 0 aliphatic carbocycles. The van der Waals surface area contributed by atoms with Crippen LogP contribution in [0, 0.1) is 0 Å². The van der Waals surface area contributed by atoms with Gasteiger partial charge in [-0.25, -0.2) is 4.73 Å². The Bertz CT molecular complexity index is 520. The second-order valence-corrected chi connectivity index (χ2v) is 5.31. The third kappa shape index (κ3) is 1.82. The summed E-state index contributed by atoms with van der Waals surface area (Å²) in [5, 5.41) is 1.27. The van der Waals surface area contributed by atoms with E-state index in [1.165, 1.54) is 35.5 Å². The summed E-state index contributed by atoms with van der Waals surface area (Å²) in [4.78, 5) is 5.64. The number of nitrogens with zero attached hydrogens (tertiary/aromatic N) is 1. The lowest BCUT2D eigenvalue weighted by atomic mass is 9.19. The highest BCUT2D eigenvalue weighted by atomic mass is 16.6. The van der Waals surface area contributed by atoms with Crippen LogP contribution in [0.4, 0.5) is 0 Å². The van der Waals surface area contributed by atoms with Crippen LogP contribution < -0.4 is 10.4 Å². The first-order chi connectivity index (χ1) is 8.72. The molecule has 0 aliphatic heterocycles. The summed E-state index contributed by atoms with van der Waals surface area (Å²) in [6.45, 7) is 6.89. The average molecular weight is 244 g/mol. The van der Waals surface area contributed by atoms with Crippen molar-refractivity contribution in [3.63, 3.8) is 0 Å². The first-order valence-electron chi connectivity index (χ1n) is 7.08. The predicted molar refractivity (Wildman–Crippen MR) is 81.3 cm³/mol. The first kappa shape index (κ1) is 13.1. The molecule has 0 aliphatic rings. The van der Waals surface area contributed by atoms with E-state index in [1.54, 1.807) is 7.11 Å². The van der Waals surface area contributed by atoms with Crippen LogP contribution in [0.2, 0.25) is 19.0 Å². The van der Waals surface area contributed by atoms with E-state index in [1.807, 2.05) is 4.73 Å². The molecule has 0 saturated carbocycles. The average Bonchev–Trinajstić information content (AvgIpc) is 2.80. The van der Waals surface area contributed by atoms with Crippen LogP contribution >= 0.6 is 0 Å². The van der Waals surface area contributed by atoms with E-state index >= 15 is 0 Å². The molecule has 1 aromatic carbocycles. The fourth-order valence-corrected chi connectivity index (χ4v) is 3.27. The lowest BCUT2D eigenvalue weighted by Crippen LogP contribution is -2.50. The van der Waals surface area contributed by atoms with Crippen LogP contribution in [-0.2, 0) is 0 Å². The van der Waals surface area contributed by atoms with E-state index in [4.69, 9.17) is 4.84 Å². The summed E-state index contributed by atoms with van der Waals surface area (Å²) in [5.74, 6) is 0. The molecule has 1 aromatic heterocycles. The Kier molecular flexibility index (Phi) is 3.69. The Morgan fingerprint density at radius 1 is 1.06 bits per heavy atom. The number of hydrogen-bond acceptors (Lipinski definition) is 1. The fraction of sp³-hybridized carbons (Fsp3) is 0.467. The number of rotatable bonds is 5. The number of para-hydroxylation sites is 1. The summed E-state index contributed by atoms with van der Waals surface area (Å²) >= 11 is 0. The maximum absolute atomic E-state index is 5.64. The van der Waals surface area contributed by atoms with Gasteiger partial charge in [0.1, 0.15) is 7.11 Å². The van der Waals surface area contributed by atoms with Gasteiger partial charge in [-0.3, -0.25) is 0 Å². The van der Waals surface area contributed by atoms with E-state index in [2.05, 4.69) is 51.1 Å². The van der Waals surface area contributed by atoms with E-state index in [9.17, 15) is 0 Å². The molecule has 0 unspecified atom stereocenters. The largest absolute Gasteiger partial charge is 0.420 e. The van der Waals surface area contributed by atoms with Crippen LogP contribution in [0.1, 0.15) is 20.8 Å². The highest BCUT2D eigenvalue weighted by Crippen LogP contribution is 2.24. The molecule has 0 fully saturated rings. The number of hydrogen-bond donors (Lipinski definition) is 0. The molecule has 2 nitrogen and oxygen atoms in total. The quantitative estimate of drug-likeness (QED) is 0.735. The lowest BCUT2D eigenvalue weighted by molar-refractivity contribution is 0.186. The van der Waals surface area contributed by atoms with Gasteiger partial charge < -0.3 is 4.84 Å². The zero-order chi connectivity index (χ0) is 13.2. The zero-order valence-electron chi connectivity index (χ0n) is 11.9. The Morgan fingerprint density at radius 2 is 1.67 bits per heavy atom. The summed E-state index contributed by atoms with van der Waals surface area (Å²) in [6.07, 6.45) is 3.09. The SMILES string of the molecule is CC[B-](CC)(CC)c1cc2ccccc2n1OC. The van der Waals surface area contributed by atoms with E-state index in [0.717, 1.165) is 0 Å². The lowest BCUT2D eigenvalue weighted by Gasteiger charge is -2.37. The number of aromatic nitrogens is 1. The monoisotopic (exact) mass is 244 g/mol. The molecule has 2 rings (SSSR count). The second kappa shape index (κ2) is 5.09. The minimum Gasteiger partial charge on any atom is -0.420 e. The summed E-state index contributed by atoms with van der Waals surface area (Å²) < 4.78 is 2.03. The maximum Gasteiger partial charge on any atom is 0.104 e. The van der Waals surface area contributed by atoms with Crippen molar-refractivity contribution in [2.45, 2.75) is 39.7 Å². The van der Waals surface area contributed by atoms with Crippen LogP contribution in [0.5, 0.6) is 0 Å². The van der Waals surface area contributed by atoms with Gasteiger partial charge in [-0.2, -0.15) is 19.0 Å². The van der Waals surface area contributed by atoms with Crippen LogP contribution in [0.3, 0.4) is 0 Å². The van der Waals surface area contributed by atoms with Gasteiger partial charge in [0.25, 0.3) is 0 Å². The summed E-state index contributed by atoms with van der Waals surface area (Å²) in [7, 11) is 1.76. The highest BCUT2D eigenvalue weighted by Gasteiger charge is 2.25. The molecule has 98 valence electrons. The molecule has 0 saturated heterocycles. The molecular weight excluding hydrogens is 221 g/mol. The minimum absolute atomic E-state index is 0.512. The first-order valence-corrected chi connectivity index (χ1v) is 7.08. The molecule has 0 spiro atoms. The molecule has 0 amide bonds. The third-order valence-electron chi connectivity index (χ3n) is 4.85. The molecule has 3 heteroatoms. The molecule has 0 N–H and O–H groups in total. The van der Waals surface area contributed by atoms with Gasteiger partial charge in [0.2, 0.25) is 0 Å². The molecule has 18 heavy (non-hydrogen) atoms.